The highest BCUT2D eigenvalue weighted by Gasteiger charge is 2.18. The van der Waals surface area contributed by atoms with Gasteiger partial charge in [-0.3, -0.25) is 10.1 Å². The fourth-order valence-corrected chi connectivity index (χ4v) is 1.37. The Morgan fingerprint density at radius 3 is 2.47 bits per heavy atom. The number of amides is 1. The van der Waals surface area contributed by atoms with Crippen LogP contribution in [0.3, 0.4) is 0 Å². The van der Waals surface area contributed by atoms with Crippen molar-refractivity contribution in [3.05, 3.63) is 17.7 Å². The van der Waals surface area contributed by atoms with Crippen molar-refractivity contribution >= 4 is 18.1 Å². The van der Waals surface area contributed by atoms with Crippen LogP contribution in [0.5, 0.6) is 11.5 Å². The van der Waals surface area contributed by atoms with Crippen molar-refractivity contribution in [1.29, 1.82) is 0 Å². The number of nitrogens with one attached hydrogen (secondary N) is 1. The van der Waals surface area contributed by atoms with Crippen molar-refractivity contribution in [2.45, 2.75) is 26.4 Å². The van der Waals surface area contributed by atoms with Gasteiger partial charge < -0.3 is 14.6 Å². The Hall–Kier alpha value is -2.24. The minimum absolute atomic E-state index is 0.150. The zero-order chi connectivity index (χ0) is 14.6. The van der Waals surface area contributed by atoms with Gasteiger partial charge in [-0.15, -0.1) is 0 Å². The Morgan fingerprint density at radius 1 is 1.37 bits per heavy atom. The van der Waals surface area contributed by atoms with Gasteiger partial charge in [-0.2, -0.15) is 0 Å². The number of hydrogen-bond donors (Lipinski definition) is 2. The number of rotatable bonds is 3. The number of carbonyl (C=O) groups is 2. The molecule has 0 bridgehead atoms. The molecule has 1 aromatic carbocycles. The van der Waals surface area contributed by atoms with Gasteiger partial charge in [0.2, 0.25) is 0 Å². The maximum Gasteiger partial charge on any atom is 0.412 e. The van der Waals surface area contributed by atoms with Gasteiger partial charge in [0.25, 0.3) is 0 Å². The normalized spacial score (nSPS) is 10.7. The molecule has 6 heteroatoms. The van der Waals surface area contributed by atoms with Crippen molar-refractivity contribution < 1.29 is 24.2 Å². The number of carbonyl (C=O) groups excluding carboxylic acids is 2. The SMILES string of the molecule is COc1cc(C=O)c(NC(=O)OC(C)(C)C)cc1O. The van der Waals surface area contributed by atoms with Crippen molar-refractivity contribution in [2.24, 2.45) is 0 Å². The summed E-state index contributed by atoms with van der Waals surface area (Å²) in [5, 5.41) is 12.0. The van der Waals surface area contributed by atoms with Crippen LogP contribution in [-0.4, -0.2) is 30.2 Å². The summed E-state index contributed by atoms with van der Waals surface area (Å²) in [7, 11) is 1.37. The maximum atomic E-state index is 11.6. The lowest BCUT2D eigenvalue weighted by molar-refractivity contribution is 0.0636. The van der Waals surface area contributed by atoms with Crippen molar-refractivity contribution in [2.75, 3.05) is 12.4 Å². The predicted octanol–water partition coefficient (Wildman–Crippen LogP) is 2.56. The lowest BCUT2D eigenvalue weighted by Gasteiger charge is -2.20. The second-order valence-electron chi connectivity index (χ2n) is 4.86. The molecule has 0 spiro atoms. The summed E-state index contributed by atoms with van der Waals surface area (Å²) in [6.45, 7) is 5.16. The van der Waals surface area contributed by atoms with Gasteiger partial charge in [-0.25, -0.2) is 4.79 Å². The van der Waals surface area contributed by atoms with Gasteiger partial charge in [0.05, 0.1) is 12.8 Å². The van der Waals surface area contributed by atoms with E-state index in [9.17, 15) is 14.7 Å². The molecule has 0 aliphatic heterocycles. The van der Waals surface area contributed by atoms with Crippen molar-refractivity contribution in [1.82, 2.24) is 0 Å². The lowest BCUT2D eigenvalue weighted by atomic mass is 10.1. The molecular formula is C13H17NO5. The van der Waals surface area contributed by atoms with Gasteiger partial charge in [-0.05, 0) is 26.8 Å². The van der Waals surface area contributed by atoms with E-state index in [4.69, 9.17) is 9.47 Å². The molecule has 0 saturated carbocycles. The first-order chi connectivity index (χ1) is 8.76. The van der Waals surface area contributed by atoms with Gasteiger partial charge >= 0.3 is 6.09 Å². The third-order valence-electron chi connectivity index (χ3n) is 2.11. The fraction of sp³-hybridized carbons (Fsp3) is 0.385. The standard InChI is InChI=1S/C13H17NO5/c1-13(2,3)19-12(17)14-9-6-10(16)11(18-4)5-8(9)7-15/h5-7,16H,1-4H3,(H,14,17). The molecule has 0 radical (unpaired) electrons. The topological polar surface area (TPSA) is 84.9 Å². The molecule has 0 aliphatic carbocycles. The van der Waals surface area contributed by atoms with Crippen LogP contribution >= 0.6 is 0 Å². The van der Waals surface area contributed by atoms with E-state index < -0.39 is 11.7 Å². The van der Waals surface area contributed by atoms with E-state index in [-0.39, 0.29) is 22.7 Å². The Balaban J connectivity index is 2.98. The number of phenols is 1. The zero-order valence-corrected chi connectivity index (χ0v) is 11.3. The zero-order valence-electron chi connectivity index (χ0n) is 11.3. The highest BCUT2D eigenvalue weighted by Crippen LogP contribution is 2.31. The van der Waals surface area contributed by atoms with Crippen molar-refractivity contribution in [3.8, 4) is 11.5 Å². The average molecular weight is 267 g/mol. The molecule has 6 nitrogen and oxygen atoms in total. The molecule has 0 aromatic heterocycles. The number of methoxy groups -OCH3 is 1. The molecule has 2 N–H and O–H groups in total. The second kappa shape index (κ2) is 5.60. The highest BCUT2D eigenvalue weighted by molar-refractivity contribution is 5.94. The highest BCUT2D eigenvalue weighted by atomic mass is 16.6. The molecule has 0 atom stereocenters. The Kier molecular flexibility index (Phi) is 4.37. The molecule has 0 unspecified atom stereocenters. The fourth-order valence-electron chi connectivity index (χ4n) is 1.37. The van der Waals surface area contributed by atoms with Gasteiger partial charge in [0, 0.05) is 11.6 Å². The first-order valence-electron chi connectivity index (χ1n) is 5.63. The van der Waals surface area contributed by atoms with Crippen LogP contribution in [0.25, 0.3) is 0 Å². The molecule has 0 fully saturated rings. The van der Waals surface area contributed by atoms with E-state index >= 15 is 0 Å². The van der Waals surface area contributed by atoms with Crippen LogP contribution in [0.4, 0.5) is 10.5 Å². The van der Waals surface area contributed by atoms with Crippen LogP contribution in [0.15, 0.2) is 12.1 Å². The molecular weight excluding hydrogens is 250 g/mol. The monoisotopic (exact) mass is 267 g/mol. The molecule has 0 aliphatic rings. The predicted molar refractivity (Wildman–Crippen MR) is 69.9 cm³/mol. The number of hydrogen-bond acceptors (Lipinski definition) is 5. The molecule has 19 heavy (non-hydrogen) atoms. The summed E-state index contributed by atoms with van der Waals surface area (Å²) in [4.78, 5) is 22.5. The van der Waals surface area contributed by atoms with Gasteiger partial charge in [0.15, 0.2) is 17.8 Å². The summed E-state index contributed by atoms with van der Waals surface area (Å²) in [5.41, 5.74) is -0.317. The quantitative estimate of drug-likeness (QED) is 0.822. The van der Waals surface area contributed by atoms with Crippen molar-refractivity contribution in [3.63, 3.8) is 0 Å². The number of anilines is 1. The Morgan fingerprint density at radius 2 is 2.00 bits per heavy atom. The second-order valence-corrected chi connectivity index (χ2v) is 4.86. The first-order valence-corrected chi connectivity index (χ1v) is 5.63. The molecule has 1 amide bonds. The van der Waals surface area contributed by atoms with Crippen LogP contribution in [0.2, 0.25) is 0 Å². The van der Waals surface area contributed by atoms with E-state index in [1.54, 1.807) is 20.8 Å². The first kappa shape index (κ1) is 14.8. The number of aromatic hydroxyl groups is 1. The number of benzene rings is 1. The average Bonchev–Trinajstić information content (AvgIpc) is 2.26. The van der Waals surface area contributed by atoms with Gasteiger partial charge in [-0.1, -0.05) is 0 Å². The van der Waals surface area contributed by atoms with E-state index in [1.807, 2.05) is 0 Å². The smallest absolute Gasteiger partial charge is 0.412 e. The summed E-state index contributed by atoms with van der Waals surface area (Å²) < 4.78 is 9.93. The minimum atomic E-state index is -0.708. The van der Waals surface area contributed by atoms with Crippen LogP contribution in [0, 0.1) is 0 Å². The minimum Gasteiger partial charge on any atom is -0.504 e. The number of phenolic OH excluding ortho intramolecular Hbond substituents is 1. The Bertz CT molecular complexity index is 491. The van der Waals surface area contributed by atoms with Crippen LogP contribution in [-0.2, 0) is 4.74 Å². The maximum absolute atomic E-state index is 11.6. The van der Waals surface area contributed by atoms with E-state index in [1.165, 1.54) is 19.2 Å². The summed E-state index contributed by atoms with van der Waals surface area (Å²) >= 11 is 0. The largest absolute Gasteiger partial charge is 0.504 e. The van der Waals surface area contributed by atoms with E-state index in [0.29, 0.717) is 6.29 Å². The molecule has 1 rings (SSSR count). The number of ether oxygens (including phenoxy) is 2. The van der Waals surface area contributed by atoms with Gasteiger partial charge in [0.1, 0.15) is 5.60 Å². The number of aldehydes is 1. The molecule has 104 valence electrons. The lowest BCUT2D eigenvalue weighted by Crippen LogP contribution is -2.27. The van der Waals surface area contributed by atoms with Crippen LogP contribution < -0.4 is 10.1 Å². The third kappa shape index (κ3) is 4.17. The van der Waals surface area contributed by atoms with E-state index in [0.717, 1.165) is 0 Å². The molecule has 1 aromatic rings. The summed E-state index contributed by atoms with van der Waals surface area (Å²) in [5.74, 6) is -0.0315. The molecule has 0 saturated heterocycles. The summed E-state index contributed by atoms with van der Waals surface area (Å²) in [6.07, 6.45) is -0.158. The summed E-state index contributed by atoms with van der Waals surface area (Å²) in [6, 6.07) is 2.56. The Labute approximate surface area is 111 Å². The van der Waals surface area contributed by atoms with E-state index in [2.05, 4.69) is 5.32 Å². The third-order valence-corrected chi connectivity index (χ3v) is 2.11. The molecule has 0 heterocycles. The van der Waals surface area contributed by atoms with Crippen LogP contribution in [0.1, 0.15) is 31.1 Å².